The zero-order chi connectivity index (χ0) is 54.7. The molecule has 29 nitrogen and oxygen atoms in total. The number of aliphatic hydroxyl groups excluding tert-OH is 2. The van der Waals surface area contributed by atoms with E-state index in [2.05, 4.69) is 0 Å². The summed E-state index contributed by atoms with van der Waals surface area (Å²) in [5, 5.41) is 178. The van der Waals surface area contributed by atoms with E-state index in [9.17, 15) is 110 Å². The van der Waals surface area contributed by atoms with E-state index in [1.54, 1.807) is 0 Å². The van der Waals surface area contributed by atoms with Crippen molar-refractivity contribution in [2.24, 2.45) is 5.92 Å². The lowest BCUT2D eigenvalue weighted by molar-refractivity contribution is -0.284. The molecule has 0 amide bonds. The number of esters is 6. The lowest BCUT2D eigenvalue weighted by atomic mass is 9.74. The van der Waals surface area contributed by atoms with Gasteiger partial charge in [0.2, 0.25) is 28.7 Å². The summed E-state index contributed by atoms with van der Waals surface area (Å²) in [7, 11) is 0. The number of benzene rings is 5. The molecule has 1 saturated carbocycles. The summed E-state index contributed by atoms with van der Waals surface area (Å²) in [4.78, 5) is 86.5. The van der Waals surface area contributed by atoms with Gasteiger partial charge in [-0.15, -0.1) is 0 Å². The van der Waals surface area contributed by atoms with Gasteiger partial charge < -0.3 is 115 Å². The van der Waals surface area contributed by atoms with Gasteiger partial charge >= 0.3 is 35.8 Å². The molecule has 5 aromatic rings. The predicted octanol–water partition coefficient (Wildman–Crippen LogP) is 0.393. The molecule has 5 heterocycles. The number of aliphatic hydroxyl groups is 2. The van der Waals surface area contributed by atoms with Gasteiger partial charge in [-0.3, -0.25) is 4.79 Å². The van der Waals surface area contributed by atoms with Crippen molar-refractivity contribution in [1.82, 2.24) is 0 Å². The SMILES string of the molecule is O=C1OC2C(O)OC3COC(=O)c4cc(O)c(O)c(O)c4C4C(O)C5OC(=O)c6c(c(O)c(O)c7c6C5C4C(=O)O7)-c4c(cc(O)c(O)c4O)C(=O)OC3C2OC(=O)c2cc(O)c(O)c(O)c2-c2c1cc(O)c(O)c2O. The van der Waals surface area contributed by atoms with Gasteiger partial charge in [0, 0.05) is 45.2 Å². The van der Waals surface area contributed by atoms with Crippen LogP contribution in [0.2, 0.25) is 0 Å². The van der Waals surface area contributed by atoms with Crippen molar-refractivity contribution < 1.29 is 144 Å². The van der Waals surface area contributed by atoms with Gasteiger partial charge in [0.1, 0.15) is 18.8 Å². The first kappa shape index (κ1) is 48.3. The summed E-state index contributed by atoms with van der Waals surface area (Å²) in [5.41, 5.74) is -11.5. The van der Waals surface area contributed by atoms with Crippen LogP contribution in [0.4, 0.5) is 0 Å². The van der Waals surface area contributed by atoms with Crippen LogP contribution in [0.15, 0.2) is 24.3 Å². The fourth-order valence-corrected chi connectivity index (χ4v) is 10.7. The smallest absolute Gasteiger partial charge is 0.339 e. The average Bonchev–Trinajstić information content (AvgIpc) is 3.80. The Balaban J connectivity index is 1.17. The number of phenolic OH excluding ortho intramolecular Hbond substituents is 14. The first-order chi connectivity index (χ1) is 35.8. The molecule has 2 fully saturated rings. The van der Waals surface area contributed by atoms with Crippen molar-refractivity contribution >= 4 is 35.8 Å². The molecule has 16 N–H and O–H groups in total. The fraction of sp³-hybridized carbons (Fsp3) is 0.234. The molecule has 5 aromatic carbocycles. The molecule has 10 atom stereocenters. The van der Waals surface area contributed by atoms with Gasteiger partial charge in [0.05, 0.1) is 39.8 Å². The molecule has 76 heavy (non-hydrogen) atoms. The topological polar surface area (TPSA) is 491 Å². The second-order valence-corrected chi connectivity index (χ2v) is 17.9. The number of cyclic esters (lactones) is 1. The molecule has 11 rings (SSSR count). The van der Waals surface area contributed by atoms with Gasteiger partial charge in [0.25, 0.3) is 0 Å². The number of ether oxygens (including phenoxy) is 7. The van der Waals surface area contributed by atoms with E-state index in [1.807, 2.05) is 0 Å². The van der Waals surface area contributed by atoms with Gasteiger partial charge in [-0.05, 0) is 24.3 Å². The maximum absolute atomic E-state index is 14.9. The third kappa shape index (κ3) is 6.41. The molecule has 29 heteroatoms. The van der Waals surface area contributed by atoms with Crippen LogP contribution >= 0.6 is 0 Å². The highest BCUT2D eigenvalue weighted by Crippen LogP contribution is 2.65. The lowest BCUT2D eigenvalue weighted by Crippen LogP contribution is -2.62. The Bertz CT molecular complexity index is 3560. The second kappa shape index (κ2) is 16.2. The van der Waals surface area contributed by atoms with E-state index in [1.165, 1.54) is 0 Å². The van der Waals surface area contributed by atoms with Crippen LogP contribution in [0.3, 0.4) is 0 Å². The van der Waals surface area contributed by atoms with Crippen LogP contribution in [0.25, 0.3) is 22.3 Å². The van der Waals surface area contributed by atoms with Crippen LogP contribution in [-0.4, -0.2) is 167 Å². The van der Waals surface area contributed by atoms with Gasteiger partial charge in [-0.1, -0.05) is 0 Å². The summed E-state index contributed by atoms with van der Waals surface area (Å²) < 4.78 is 39.0. The molecular weight excluding hydrogens is 1030 g/mol. The Hall–Kier alpha value is -10.0. The molecule has 10 unspecified atom stereocenters. The Morgan fingerprint density at radius 1 is 0.382 bits per heavy atom. The Kier molecular flexibility index (Phi) is 10.3. The molecule has 0 spiro atoms. The average molecular weight is 1060 g/mol. The van der Waals surface area contributed by atoms with Crippen molar-refractivity contribution in [2.45, 2.75) is 54.7 Å². The second-order valence-electron chi connectivity index (χ2n) is 17.9. The van der Waals surface area contributed by atoms with Gasteiger partial charge in [0.15, 0.2) is 82.1 Å². The van der Waals surface area contributed by atoms with Crippen molar-refractivity contribution in [2.75, 3.05) is 6.61 Å². The maximum atomic E-state index is 14.9. The zero-order valence-corrected chi connectivity index (χ0v) is 37.3. The molecule has 0 aromatic heterocycles. The molecule has 1 aliphatic carbocycles. The van der Waals surface area contributed by atoms with Crippen molar-refractivity contribution in [3.63, 3.8) is 0 Å². The predicted molar refractivity (Wildman–Crippen MR) is 232 cm³/mol. The number of hydrogen-bond donors (Lipinski definition) is 16. The molecule has 6 aliphatic rings. The number of phenols is 14. The standard InChI is InChI=1S/C47H32O29/c48-10-1-6-17(31(58)27(10)54)20-24-21-22-23(45(67)73-37(21)34(20)61)19(33(60)35(62)38(22)74-46(24)68)18-9(4-13(51)28(55)32(18)59)42(64)72-36-14(5-70-41(6)63)71-47(69)40-39(36)75-43(65)7-2-11(49)25(52)29(56)15(7)16-8(44(66)76-40)3-12(50)26(53)30(16)57/h1-4,14,20-21,24,34,36-37,39-40,47-62,69H,5H2. The third-order valence-electron chi connectivity index (χ3n) is 14.0. The summed E-state index contributed by atoms with van der Waals surface area (Å²) in [6, 6.07) is 1.64. The number of hydrogen-bond acceptors (Lipinski definition) is 29. The highest BCUT2D eigenvalue weighted by Gasteiger charge is 2.65. The fourth-order valence-electron chi connectivity index (χ4n) is 10.7. The number of rotatable bonds is 0. The van der Waals surface area contributed by atoms with E-state index in [-0.39, 0.29) is 0 Å². The minimum Gasteiger partial charge on any atom is -0.504 e. The Morgan fingerprint density at radius 3 is 1.34 bits per heavy atom. The molecule has 1 saturated heterocycles. The van der Waals surface area contributed by atoms with E-state index < -0.39 is 251 Å². The Morgan fingerprint density at radius 2 is 0.816 bits per heavy atom. The minimum atomic E-state index is -2.65. The quantitative estimate of drug-likeness (QED) is 0.0432. The molecular formula is C47H32O29. The van der Waals surface area contributed by atoms with Crippen molar-refractivity contribution in [1.29, 1.82) is 0 Å². The highest BCUT2D eigenvalue weighted by molar-refractivity contribution is 6.12. The lowest BCUT2D eigenvalue weighted by Gasteiger charge is -2.43. The normalized spacial score (nSPS) is 26.1. The van der Waals surface area contributed by atoms with E-state index >= 15 is 0 Å². The van der Waals surface area contributed by atoms with Crippen LogP contribution in [-0.2, 0) is 33.2 Å². The first-order valence-corrected chi connectivity index (χ1v) is 21.8. The molecule has 6 bridgehead atoms. The first-order valence-electron chi connectivity index (χ1n) is 21.8. The van der Waals surface area contributed by atoms with Gasteiger partial charge in [-0.25, -0.2) is 24.0 Å². The largest absolute Gasteiger partial charge is 0.504 e. The van der Waals surface area contributed by atoms with Crippen LogP contribution in [0.1, 0.15) is 74.8 Å². The molecule has 5 aliphatic heterocycles. The van der Waals surface area contributed by atoms with Crippen LogP contribution in [0, 0.1) is 5.92 Å². The monoisotopic (exact) mass is 1060 g/mol. The Labute approximate surface area is 417 Å². The summed E-state index contributed by atoms with van der Waals surface area (Å²) >= 11 is 0. The van der Waals surface area contributed by atoms with Crippen molar-refractivity contribution in [3.8, 4) is 108 Å². The summed E-state index contributed by atoms with van der Waals surface area (Å²) in [5.74, 6) is -36.5. The molecule has 394 valence electrons. The minimum absolute atomic E-state index is 0.348. The summed E-state index contributed by atoms with van der Waals surface area (Å²) in [6.07, 6.45) is -16.7. The summed E-state index contributed by atoms with van der Waals surface area (Å²) in [6.45, 7) is -1.37. The highest BCUT2D eigenvalue weighted by atomic mass is 16.7. The maximum Gasteiger partial charge on any atom is 0.339 e. The van der Waals surface area contributed by atoms with Crippen molar-refractivity contribution in [3.05, 3.63) is 63.2 Å². The number of aromatic hydroxyl groups is 14. The number of carbonyl (C=O) groups excluding carboxylic acids is 6. The van der Waals surface area contributed by atoms with E-state index in [0.717, 1.165) is 0 Å². The van der Waals surface area contributed by atoms with Crippen LogP contribution in [0.5, 0.6) is 86.2 Å². The number of fused-ring (bicyclic) bond motifs is 10. The third-order valence-corrected chi connectivity index (χ3v) is 14.0. The van der Waals surface area contributed by atoms with E-state index in [0.29, 0.717) is 24.3 Å². The zero-order valence-electron chi connectivity index (χ0n) is 37.3. The van der Waals surface area contributed by atoms with Gasteiger partial charge in [-0.2, -0.15) is 0 Å². The van der Waals surface area contributed by atoms with Crippen LogP contribution < -0.4 is 4.74 Å². The number of carbonyl (C=O) groups is 6. The van der Waals surface area contributed by atoms with E-state index in [4.69, 9.17) is 33.2 Å². The molecule has 0 radical (unpaired) electrons.